The highest BCUT2D eigenvalue weighted by Crippen LogP contribution is 2.22. The maximum atomic E-state index is 12.3. The minimum Gasteiger partial charge on any atom is -0.480 e. The first-order chi connectivity index (χ1) is 9.88. The lowest BCUT2D eigenvalue weighted by Crippen LogP contribution is -2.44. The average Bonchev–Trinajstić information content (AvgIpc) is 2.45. The van der Waals surface area contributed by atoms with E-state index < -0.39 is 5.97 Å². The highest BCUT2D eigenvalue weighted by molar-refractivity contribution is 9.10. The Balaban J connectivity index is 2.93. The fourth-order valence-corrected chi connectivity index (χ4v) is 2.37. The Bertz CT molecular complexity index is 520. The highest BCUT2D eigenvalue weighted by Gasteiger charge is 2.22. The molecule has 0 saturated carbocycles. The van der Waals surface area contributed by atoms with E-state index >= 15 is 0 Å². The number of amides is 2. The molecule has 0 aliphatic carbocycles. The standard InChI is InChI=1S/C15H21BrN2O3/c1-4-10(3)18(9-14(19)20)15(21)17-13-7-6-12(16)8-11(13)5-2/h6-8,10H,4-5,9H2,1-3H3,(H,17,21)(H,19,20). The number of carbonyl (C=O) groups is 2. The number of rotatable bonds is 6. The molecule has 2 amide bonds. The number of anilines is 1. The zero-order valence-corrected chi connectivity index (χ0v) is 14.1. The molecule has 6 heteroatoms. The van der Waals surface area contributed by atoms with E-state index in [1.54, 1.807) is 0 Å². The molecule has 1 aromatic carbocycles. The summed E-state index contributed by atoms with van der Waals surface area (Å²) in [5, 5.41) is 11.8. The molecule has 1 unspecified atom stereocenters. The summed E-state index contributed by atoms with van der Waals surface area (Å²) < 4.78 is 0.946. The Morgan fingerprint density at radius 3 is 2.57 bits per heavy atom. The van der Waals surface area contributed by atoms with Gasteiger partial charge in [0.15, 0.2) is 0 Å². The fraction of sp³-hybridized carbons (Fsp3) is 0.467. The number of carboxylic acid groups (broad SMARTS) is 1. The van der Waals surface area contributed by atoms with Crippen LogP contribution in [0.2, 0.25) is 0 Å². The van der Waals surface area contributed by atoms with Gasteiger partial charge in [0.1, 0.15) is 6.54 Å². The molecular weight excluding hydrogens is 336 g/mol. The first-order valence-electron chi connectivity index (χ1n) is 6.96. The van der Waals surface area contributed by atoms with Crippen molar-refractivity contribution < 1.29 is 14.7 Å². The summed E-state index contributed by atoms with van der Waals surface area (Å²) >= 11 is 3.40. The van der Waals surface area contributed by atoms with Crippen molar-refractivity contribution in [3.63, 3.8) is 0 Å². The van der Waals surface area contributed by atoms with Crippen molar-refractivity contribution in [1.29, 1.82) is 0 Å². The van der Waals surface area contributed by atoms with E-state index in [9.17, 15) is 9.59 Å². The quantitative estimate of drug-likeness (QED) is 0.815. The number of hydrogen-bond acceptors (Lipinski definition) is 2. The van der Waals surface area contributed by atoms with Gasteiger partial charge in [-0.15, -0.1) is 0 Å². The van der Waals surface area contributed by atoms with Gasteiger partial charge in [0.2, 0.25) is 0 Å². The minimum absolute atomic E-state index is 0.137. The SMILES string of the molecule is CCc1cc(Br)ccc1NC(=O)N(CC(=O)O)C(C)CC. The third kappa shape index (κ3) is 5.04. The summed E-state index contributed by atoms with van der Waals surface area (Å²) in [6.07, 6.45) is 1.47. The van der Waals surface area contributed by atoms with E-state index in [0.717, 1.165) is 16.5 Å². The Morgan fingerprint density at radius 1 is 1.38 bits per heavy atom. The second-order valence-electron chi connectivity index (χ2n) is 4.86. The lowest BCUT2D eigenvalue weighted by molar-refractivity contribution is -0.138. The minimum atomic E-state index is -1.02. The predicted molar refractivity (Wildman–Crippen MR) is 86.6 cm³/mol. The van der Waals surface area contributed by atoms with Crippen LogP contribution in [0, 0.1) is 0 Å². The number of urea groups is 1. The number of carboxylic acids is 1. The number of aliphatic carboxylic acids is 1. The molecule has 0 fully saturated rings. The van der Waals surface area contributed by atoms with Gasteiger partial charge in [0.25, 0.3) is 0 Å². The van der Waals surface area contributed by atoms with Crippen LogP contribution in [0.1, 0.15) is 32.8 Å². The topological polar surface area (TPSA) is 69.6 Å². The zero-order chi connectivity index (χ0) is 16.0. The molecule has 0 aliphatic heterocycles. The molecule has 5 nitrogen and oxygen atoms in total. The molecule has 0 aliphatic rings. The summed E-state index contributed by atoms with van der Waals surface area (Å²) in [6, 6.07) is 5.08. The van der Waals surface area contributed by atoms with Crippen molar-refractivity contribution in [2.75, 3.05) is 11.9 Å². The van der Waals surface area contributed by atoms with E-state index in [2.05, 4.69) is 21.2 Å². The number of nitrogens with one attached hydrogen (secondary N) is 1. The Labute approximate surface area is 133 Å². The Hall–Kier alpha value is -1.56. The van der Waals surface area contributed by atoms with E-state index in [1.165, 1.54) is 4.90 Å². The maximum absolute atomic E-state index is 12.3. The highest BCUT2D eigenvalue weighted by atomic mass is 79.9. The average molecular weight is 357 g/mol. The van der Waals surface area contributed by atoms with Gasteiger partial charge < -0.3 is 15.3 Å². The Kier molecular flexibility index (Phi) is 6.68. The molecule has 1 atom stereocenters. The van der Waals surface area contributed by atoms with Crippen LogP contribution < -0.4 is 5.32 Å². The maximum Gasteiger partial charge on any atom is 0.323 e. The summed E-state index contributed by atoms with van der Waals surface area (Å²) in [6.45, 7) is 5.45. The normalized spacial score (nSPS) is 11.8. The van der Waals surface area contributed by atoms with Gasteiger partial charge in [-0.05, 0) is 43.5 Å². The number of nitrogens with zero attached hydrogens (tertiary/aromatic N) is 1. The molecule has 0 saturated heterocycles. The second-order valence-corrected chi connectivity index (χ2v) is 5.78. The molecule has 0 spiro atoms. The number of halogens is 1. The van der Waals surface area contributed by atoms with Crippen LogP contribution in [0.3, 0.4) is 0 Å². The van der Waals surface area contributed by atoms with Crippen molar-refractivity contribution >= 4 is 33.6 Å². The Morgan fingerprint density at radius 2 is 2.05 bits per heavy atom. The van der Waals surface area contributed by atoms with Crippen molar-refractivity contribution in [2.24, 2.45) is 0 Å². The first-order valence-corrected chi connectivity index (χ1v) is 7.76. The molecule has 2 N–H and O–H groups in total. The predicted octanol–water partition coefficient (Wildman–Crippen LogP) is 3.73. The van der Waals surface area contributed by atoms with Crippen molar-refractivity contribution in [2.45, 2.75) is 39.7 Å². The van der Waals surface area contributed by atoms with Crippen LogP contribution in [0.15, 0.2) is 22.7 Å². The molecule has 0 radical (unpaired) electrons. The van der Waals surface area contributed by atoms with Gasteiger partial charge in [-0.25, -0.2) is 4.79 Å². The van der Waals surface area contributed by atoms with Gasteiger partial charge >= 0.3 is 12.0 Å². The van der Waals surface area contributed by atoms with Crippen LogP contribution in [-0.2, 0) is 11.2 Å². The van der Waals surface area contributed by atoms with E-state index in [1.807, 2.05) is 39.0 Å². The molecule has 116 valence electrons. The molecule has 0 bridgehead atoms. The smallest absolute Gasteiger partial charge is 0.323 e. The van der Waals surface area contributed by atoms with Gasteiger partial charge in [-0.1, -0.05) is 29.8 Å². The molecular formula is C15H21BrN2O3. The third-order valence-corrected chi connectivity index (χ3v) is 3.87. The first kappa shape index (κ1) is 17.5. The molecule has 0 heterocycles. The number of carbonyl (C=O) groups excluding carboxylic acids is 1. The lowest BCUT2D eigenvalue weighted by Gasteiger charge is -2.27. The van der Waals surface area contributed by atoms with Crippen molar-refractivity contribution in [1.82, 2.24) is 4.90 Å². The fourth-order valence-electron chi connectivity index (χ4n) is 1.96. The van der Waals surface area contributed by atoms with Crippen LogP contribution in [0.25, 0.3) is 0 Å². The molecule has 1 rings (SSSR count). The molecule has 0 aromatic heterocycles. The lowest BCUT2D eigenvalue weighted by atomic mass is 10.1. The summed E-state index contributed by atoms with van der Waals surface area (Å²) in [5.74, 6) is -1.02. The summed E-state index contributed by atoms with van der Waals surface area (Å²) in [5.41, 5.74) is 1.71. The van der Waals surface area contributed by atoms with E-state index in [0.29, 0.717) is 12.1 Å². The van der Waals surface area contributed by atoms with Crippen LogP contribution >= 0.6 is 15.9 Å². The monoisotopic (exact) mass is 356 g/mol. The van der Waals surface area contributed by atoms with Crippen molar-refractivity contribution in [3.8, 4) is 0 Å². The van der Waals surface area contributed by atoms with Crippen LogP contribution in [0.5, 0.6) is 0 Å². The third-order valence-electron chi connectivity index (χ3n) is 3.38. The van der Waals surface area contributed by atoms with E-state index in [-0.39, 0.29) is 18.6 Å². The van der Waals surface area contributed by atoms with Gasteiger partial charge in [0.05, 0.1) is 0 Å². The summed E-state index contributed by atoms with van der Waals surface area (Å²) in [7, 11) is 0. The van der Waals surface area contributed by atoms with Gasteiger partial charge in [-0.2, -0.15) is 0 Å². The second kappa shape index (κ2) is 8.02. The largest absolute Gasteiger partial charge is 0.480 e. The number of aryl methyl sites for hydroxylation is 1. The van der Waals surface area contributed by atoms with Crippen LogP contribution in [0.4, 0.5) is 10.5 Å². The molecule has 1 aromatic rings. The van der Waals surface area contributed by atoms with E-state index in [4.69, 9.17) is 5.11 Å². The number of benzene rings is 1. The number of hydrogen-bond donors (Lipinski definition) is 2. The summed E-state index contributed by atoms with van der Waals surface area (Å²) in [4.78, 5) is 24.6. The zero-order valence-electron chi connectivity index (χ0n) is 12.5. The van der Waals surface area contributed by atoms with Crippen molar-refractivity contribution in [3.05, 3.63) is 28.2 Å². The van der Waals surface area contributed by atoms with Crippen LogP contribution in [-0.4, -0.2) is 34.6 Å². The molecule has 21 heavy (non-hydrogen) atoms. The van der Waals surface area contributed by atoms with Gasteiger partial charge in [-0.3, -0.25) is 4.79 Å². The van der Waals surface area contributed by atoms with Gasteiger partial charge in [0, 0.05) is 16.2 Å².